The fourth-order valence-corrected chi connectivity index (χ4v) is 2.29. The zero-order valence-corrected chi connectivity index (χ0v) is 12.5. The van der Waals surface area contributed by atoms with Gasteiger partial charge in [0.05, 0.1) is 27.2 Å². The average molecular weight is 240 g/mol. The van der Waals surface area contributed by atoms with E-state index in [1.54, 1.807) is 0 Å². The lowest BCUT2D eigenvalue weighted by molar-refractivity contribution is -0.884. The fraction of sp³-hybridized carbons (Fsp3) is 0.875. The van der Waals surface area contributed by atoms with Gasteiger partial charge >= 0.3 is 0 Å². The Balaban J connectivity index is 3.20. The van der Waals surface area contributed by atoms with Crippen LogP contribution in [0, 0.1) is 0 Å². The molecule has 0 heterocycles. The van der Waals surface area contributed by atoms with E-state index < -0.39 is 0 Å². The maximum atomic E-state index is 3.82. The Morgan fingerprint density at radius 2 is 1.29 bits per heavy atom. The van der Waals surface area contributed by atoms with Crippen molar-refractivity contribution in [3.05, 3.63) is 12.7 Å². The van der Waals surface area contributed by atoms with Gasteiger partial charge in [0.25, 0.3) is 0 Å². The smallest absolute Gasteiger partial charge is 0.0966 e. The van der Waals surface area contributed by atoms with Crippen LogP contribution in [0.15, 0.2) is 12.7 Å². The molecule has 1 heteroatoms. The SMILES string of the molecule is C=CC[N+](C)(C)CCCCCCCCCCC. The van der Waals surface area contributed by atoms with Gasteiger partial charge in [-0.1, -0.05) is 58.4 Å². The molecule has 0 saturated heterocycles. The van der Waals surface area contributed by atoms with E-state index in [1.165, 1.54) is 64.3 Å². The summed E-state index contributed by atoms with van der Waals surface area (Å²) in [5.74, 6) is 0. The zero-order chi connectivity index (χ0) is 13.0. The topological polar surface area (TPSA) is 0 Å². The molecule has 0 fully saturated rings. The summed E-state index contributed by atoms with van der Waals surface area (Å²) in [6.45, 7) is 8.49. The number of hydrogen-bond acceptors (Lipinski definition) is 0. The molecular formula is C16H34N+. The predicted molar refractivity (Wildman–Crippen MR) is 79.3 cm³/mol. The Morgan fingerprint density at radius 3 is 1.76 bits per heavy atom. The van der Waals surface area contributed by atoms with E-state index in [4.69, 9.17) is 0 Å². The van der Waals surface area contributed by atoms with Crippen molar-refractivity contribution in [3.8, 4) is 0 Å². The molecule has 0 atom stereocenters. The highest BCUT2D eigenvalue weighted by molar-refractivity contribution is 4.64. The summed E-state index contributed by atoms with van der Waals surface area (Å²) in [6.07, 6.45) is 14.8. The third-order valence-electron chi connectivity index (χ3n) is 3.49. The van der Waals surface area contributed by atoms with Gasteiger partial charge in [-0.3, -0.25) is 0 Å². The van der Waals surface area contributed by atoms with Gasteiger partial charge in [-0.15, -0.1) is 0 Å². The van der Waals surface area contributed by atoms with E-state index in [9.17, 15) is 0 Å². The van der Waals surface area contributed by atoms with Crippen molar-refractivity contribution >= 4 is 0 Å². The van der Waals surface area contributed by atoms with Gasteiger partial charge in [-0.25, -0.2) is 0 Å². The molecule has 0 aliphatic heterocycles. The van der Waals surface area contributed by atoms with Gasteiger partial charge in [0, 0.05) is 0 Å². The second-order valence-corrected chi connectivity index (χ2v) is 5.96. The molecule has 0 spiro atoms. The van der Waals surface area contributed by atoms with E-state index in [-0.39, 0.29) is 0 Å². The number of rotatable bonds is 12. The molecule has 102 valence electrons. The Hall–Kier alpha value is -0.300. The van der Waals surface area contributed by atoms with Crippen molar-refractivity contribution in [2.45, 2.75) is 64.7 Å². The number of likely N-dealkylation sites (N-methyl/N-ethyl adjacent to an activating group) is 1. The third-order valence-corrected chi connectivity index (χ3v) is 3.49. The summed E-state index contributed by atoms with van der Waals surface area (Å²) in [5.41, 5.74) is 0. The average Bonchev–Trinajstić information content (AvgIpc) is 2.27. The lowest BCUT2D eigenvalue weighted by atomic mass is 10.1. The summed E-state index contributed by atoms with van der Waals surface area (Å²) in [6, 6.07) is 0. The van der Waals surface area contributed by atoms with Crippen LogP contribution < -0.4 is 0 Å². The minimum absolute atomic E-state index is 1.09. The standard InChI is InChI=1S/C16H34N/c1-5-7-8-9-10-11-12-13-14-16-17(3,4)15-6-2/h6H,2,5,7-16H2,1,3-4H3/q+1. The highest BCUT2D eigenvalue weighted by atomic mass is 15.3. The van der Waals surface area contributed by atoms with E-state index in [0.717, 1.165) is 11.0 Å². The summed E-state index contributed by atoms with van der Waals surface area (Å²) in [7, 11) is 4.60. The van der Waals surface area contributed by atoms with E-state index in [1.807, 2.05) is 6.08 Å². The highest BCUT2D eigenvalue weighted by Gasteiger charge is 2.10. The van der Waals surface area contributed by atoms with Crippen molar-refractivity contribution in [1.82, 2.24) is 0 Å². The van der Waals surface area contributed by atoms with E-state index >= 15 is 0 Å². The second kappa shape index (κ2) is 10.8. The Kier molecular flexibility index (Phi) is 10.6. The summed E-state index contributed by atoms with van der Waals surface area (Å²) >= 11 is 0. The van der Waals surface area contributed by atoms with Crippen LogP contribution in [-0.4, -0.2) is 31.7 Å². The first-order valence-electron chi connectivity index (χ1n) is 7.55. The molecule has 1 nitrogen and oxygen atoms in total. The molecular weight excluding hydrogens is 206 g/mol. The first kappa shape index (κ1) is 16.7. The van der Waals surface area contributed by atoms with Gasteiger partial charge < -0.3 is 4.48 Å². The largest absolute Gasteiger partial charge is 0.325 e. The summed E-state index contributed by atoms with van der Waals surface area (Å²) in [5, 5.41) is 0. The molecule has 0 bridgehead atoms. The Morgan fingerprint density at radius 1 is 0.824 bits per heavy atom. The van der Waals surface area contributed by atoms with Gasteiger partial charge in [0.15, 0.2) is 0 Å². The van der Waals surface area contributed by atoms with Crippen LogP contribution in [0.1, 0.15) is 64.7 Å². The molecule has 0 saturated carbocycles. The molecule has 0 aromatic rings. The number of nitrogens with zero attached hydrogens (tertiary/aromatic N) is 1. The van der Waals surface area contributed by atoms with Crippen LogP contribution in [0.25, 0.3) is 0 Å². The van der Waals surface area contributed by atoms with Crippen molar-refractivity contribution in [3.63, 3.8) is 0 Å². The van der Waals surface area contributed by atoms with Crippen LogP contribution in [-0.2, 0) is 0 Å². The van der Waals surface area contributed by atoms with E-state index in [2.05, 4.69) is 27.6 Å². The Bertz CT molecular complexity index is 172. The monoisotopic (exact) mass is 240 g/mol. The minimum atomic E-state index is 1.09. The summed E-state index contributed by atoms with van der Waals surface area (Å²) in [4.78, 5) is 0. The van der Waals surface area contributed by atoms with Crippen molar-refractivity contribution in [2.75, 3.05) is 27.2 Å². The van der Waals surface area contributed by atoms with Crippen LogP contribution in [0.3, 0.4) is 0 Å². The van der Waals surface area contributed by atoms with Crippen LogP contribution in [0.5, 0.6) is 0 Å². The highest BCUT2D eigenvalue weighted by Crippen LogP contribution is 2.10. The van der Waals surface area contributed by atoms with Gasteiger partial charge in [-0.2, -0.15) is 0 Å². The quantitative estimate of drug-likeness (QED) is 0.262. The van der Waals surface area contributed by atoms with Gasteiger partial charge in [0.2, 0.25) is 0 Å². The minimum Gasteiger partial charge on any atom is -0.325 e. The van der Waals surface area contributed by atoms with Crippen LogP contribution in [0.2, 0.25) is 0 Å². The van der Waals surface area contributed by atoms with E-state index in [0.29, 0.717) is 0 Å². The molecule has 0 aliphatic carbocycles. The maximum Gasteiger partial charge on any atom is 0.0966 e. The lowest BCUT2D eigenvalue weighted by Crippen LogP contribution is -2.40. The van der Waals surface area contributed by atoms with Gasteiger partial charge in [0.1, 0.15) is 0 Å². The molecule has 0 radical (unpaired) electrons. The molecule has 0 aliphatic rings. The normalized spacial score (nSPS) is 11.7. The fourth-order valence-electron chi connectivity index (χ4n) is 2.29. The lowest BCUT2D eigenvalue weighted by Gasteiger charge is -2.28. The molecule has 0 N–H and O–H groups in total. The van der Waals surface area contributed by atoms with Crippen molar-refractivity contribution < 1.29 is 4.48 Å². The third kappa shape index (κ3) is 12.0. The van der Waals surface area contributed by atoms with Crippen molar-refractivity contribution in [2.24, 2.45) is 0 Å². The van der Waals surface area contributed by atoms with Crippen LogP contribution in [0.4, 0.5) is 0 Å². The molecule has 0 unspecified atom stereocenters. The first-order chi connectivity index (χ1) is 8.12. The van der Waals surface area contributed by atoms with Gasteiger partial charge in [-0.05, 0) is 18.9 Å². The first-order valence-corrected chi connectivity index (χ1v) is 7.55. The summed E-state index contributed by atoms with van der Waals surface area (Å²) < 4.78 is 1.10. The zero-order valence-electron chi connectivity index (χ0n) is 12.5. The maximum absolute atomic E-state index is 3.82. The molecule has 17 heavy (non-hydrogen) atoms. The predicted octanol–water partition coefficient (Wildman–Crippen LogP) is 4.78. The molecule has 0 aromatic carbocycles. The number of quaternary nitrogens is 1. The second-order valence-electron chi connectivity index (χ2n) is 5.96. The number of hydrogen-bond donors (Lipinski definition) is 0. The molecule has 0 aromatic heterocycles. The molecule has 0 rings (SSSR count). The number of unbranched alkanes of at least 4 members (excludes halogenated alkanes) is 8. The van der Waals surface area contributed by atoms with Crippen LogP contribution >= 0.6 is 0 Å². The van der Waals surface area contributed by atoms with Crippen molar-refractivity contribution in [1.29, 1.82) is 0 Å². The Labute approximate surface area is 109 Å². The molecule has 0 amide bonds.